The lowest BCUT2D eigenvalue weighted by atomic mass is 9.65. The van der Waals surface area contributed by atoms with Crippen molar-refractivity contribution in [2.24, 2.45) is 5.92 Å². The van der Waals surface area contributed by atoms with Gasteiger partial charge in [0.1, 0.15) is 0 Å². The van der Waals surface area contributed by atoms with E-state index in [9.17, 15) is 4.79 Å². The number of rotatable bonds is 2. The van der Waals surface area contributed by atoms with E-state index in [-0.39, 0.29) is 11.3 Å². The molecule has 2 aromatic rings. The third-order valence-electron chi connectivity index (χ3n) is 5.09. The molecular weight excluding hydrogens is 268 g/mol. The summed E-state index contributed by atoms with van der Waals surface area (Å²) in [6, 6.07) is 21.0. The van der Waals surface area contributed by atoms with Gasteiger partial charge in [0.15, 0.2) is 5.78 Å². The number of carbonyl (C=O) groups is 1. The van der Waals surface area contributed by atoms with Crippen LogP contribution in [0.5, 0.6) is 0 Å². The summed E-state index contributed by atoms with van der Waals surface area (Å²) >= 11 is 0. The molecule has 22 heavy (non-hydrogen) atoms. The first-order valence-corrected chi connectivity index (χ1v) is 7.83. The topological polar surface area (TPSA) is 17.1 Å². The maximum atomic E-state index is 12.7. The number of hydrogen-bond acceptors (Lipinski definition) is 1. The summed E-state index contributed by atoms with van der Waals surface area (Å²) in [6.45, 7) is 0. The lowest BCUT2D eigenvalue weighted by molar-refractivity contribution is -0.114. The van der Waals surface area contributed by atoms with Crippen LogP contribution < -0.4 is 0 Å². The molecule has 0 N–H and O–H groups in total. The molecule has 0 bridgehead atoms. The molecule has 0 saturated heterocycles. The number of allylic oxidation sites excluding steroid dienone is 4. The summed E-state index contributed by atoms with van der Waals surface area (Å²) in [5.74, 6) is 0.539. The van der Waals surface area contributed by atoms with E-state index in [1.54, 1.807) is 0 Å². The van der Waals surface area contributed by atoms with Crippen molar-refractivity contribution >= 4 is 5.78 Å². The van der Waals surface area contributed by atoms with Crippen LogP contribution in [-0.4, -0.2) is 5.78 Å². The highest BCUT2D eigenvalue weighted by atomic mass is 16.1. The van der Waals surface area contributed by atoms with E-state index in [0.717, 1.165) is 12.0 Å². The molecule has 1 saturated carbocycles. The molecule has 2 aliphatic carbocycles. The minimum atomic E-state index is -0.226. The molecule has 1 unspecified atom stereocenters. The van der Waals surface area contributed by atoms with E-state index in [4.69, 9.17) is 0 Å². The molecule has 0 spiro atoms. The normalized spacial score (nSPS) is 22.3. The van der Waals surface area contributed by atoms with E-state index in [1.165, 1.54) is 11.1 Å². The molecule has 0 radical (unpaired) electrons. The Labute approximate surface area is 131 Å². The molecule has 4 rings (SSSR count). The van der Waals surface area contributed by atoms with Gasteiger partial charge in [0.2, 0.25) is 0 Å². The van der Waals surface area contributed by atoms with Crippen LogP contribution >= 0.6 is 0 Å². The van der Waals surface area contributed by atoms with Gasteiger partial charge in [0.05, 0.1) is 0 Å². The van der Waals surface area contributed by atoms with Gasteiger partial charge in [-0.25, -0.2) is 0 Å². The second kappa shape index (κ2) is 5.10. The summed E-state index contributed by atoms with van der Waals surface area (Å²) in [4.78, 5) is 12.7. The quantitative estimate of drug-likeness (QED) is 0.797. The fourth-order valence-electron chi connectivity index (χ4n) is 4.11. The van der Waals surface area contributed by atoms with Gasteiger partial charge in [-0.1, -0.05) is 78.9 Å². The highest BCUT2D eigenvalue weighted by Crippen LogP contribution is 2.53. The number of benzene rings is 2. The summed E-state index contributed by atoms with van der Waals surface area (Å²) in [5.41, 5.74) is 3.27. The Morgan fingerprint density at radius 3 is 2.05 bits per heavy atom. The summed E-state index contributed by atoms with van der Waals surface area (Å²) in [7, 11) is 0. The monoisotopic (exact) mass is 286 g/mol. The average molecular weight is 286 g/mol. The Kier molecular flexibility index (Phi) is 3.07. The Bertz CT molecular complexity index is 714. The van der Waals surface area contributed by atoms with Crippen LogP contribution in [0.4, 0.5) is 0 Å². The van der Waals surface area contributed by atoms with Gasteiger partial charge in [-0.3, -0.25) is 4.79 Å². The molecular formula is C21H18O. The lowest BCUT2D eigenvalue weighted by Crippen LogP contribution is -2.33. The average Bonchev–Trinajstić information content (AvgIpc) is 2.91. The van der Waals surface area contributed by atoms with Crippen LogP contribution in [-0.2, 0) is 10.2 Å². The molecule has 1 fully saturated rings. The highest BCUT2D eigenvalue weighted by molar-refractivity contribution is 6.01. The SMILES string of the molecule is O=C1CC(c2ccccc2)(c2ccccc2)C2CC=CC=C12. The summed E-state index contributed by atoms with van der Waals surface area (Å²) < 4.78 is 0. The second-order valence-electron chi connectivity index (χ2n) is 6.14. The minimum Gasteiger partial charge on any atom is -0.294 e. The highest BCUT2D eigenvalue weighted by Gasteiger charge is 2.51. The van der Waals surface area contributed by atoms with Gasteiger partial charge < -0.3 is 0 Å². The number of Topliss-reactive ketones (excluding diaryl/α,β-unsaturated/α-hetero) is 1. The van der Waals surface area contributed by atoms with E-state index in [0.29, 0.717) is 12.2 Å². The van der Waals surface area contributed by atoms with Crippen LogP contribution in [0.25, 0.3) is 0 Å². The van der Waals surface area contributed by atoms with Crippen molar-refractivity contribution in [3.8, 4) is 0 Å². The zero-order valence-electron chi connectivity index (χ0n) is 12.4. The zero-order chi connectivity index (χ0) is 15.0. The van der Waals surface area contributed by atoms with Crippen molar-refractivity contribution in [2.75, 3.05) is 0 Å². The van der Waals surface area contributed by atoms with Crippen LogP contribution in [0.3, 0.4) is 0 Å². The van der Waals surface area contributed by atoms with E-state index in [1.807, 2.05) is 24.3 Å². The van der Waals surface area contributed by atoms with E-state index < -0.39 is 0 Å². The summed E-state index contributed by atoms with van der Waals surface area (Å²) in [6.07, 6.45) is 7.73. The molecule has 0 heterocycles. The van der Waals surface area contributed by atoms with Gasteiger partial charge in [-0.05, 0) is 23.1 Å². The number of ketones is 1. The van der Waals surface area contributed by atoms with Crippen LogP contribution in [0.2, 0.25) is 0 Å². The molecule has 2 aromatic carbocycles. The number of carbonyl (C=O) groups excluding carboxylic acids is 1. The molecule has 0 amide bonds. The van der Waals surface area contributed by atoms with Gasteiger partial charge in [0, 0.05) is 17.8 Å². The first-order valence-electron chi connectivity index (χ1n) is 7.83. The van der Waals surface area contributed by atoms with Crippen molar-refractivity contribution in [1.29, 1.82) is 0 Å². The first kappa shape index (κ1) is 13.3. The standard InChI is InChI=1S/C21H18O/c22-20-15-21(16-9-3-1-4-10-16,17-11-5-2-6-12-17)19-14-8-7-13-18(19)20/h1-13,19H,14-15H2. The predicted octanol–water partition coefficient (Wildman–Crippen LogP) is 4.45. The summed E-state index contributed by atoms with van der Waals surface area (Å²) in [5, 5.41) is 0. The van der Waals surface area contributed by atoms with Crippen molar-refractivity contribution in [2.45, 2.75) is 18.3 Å². The first-order chi connectivity index (χ1) is 10.8. The van der Waals surface area contributed by atoms with Crippen molar-refractivity contribution in [3.05, 3.63) is 95.6 Å². The fourth-order valence-corrected chi connectivity index (χ4v) is 4.11. The number of hydrogen-bond donors (Lipinski definition) is 0. The van der Waals surface area contributed by atoms with Crippen molar-refractivity contribution in [1.82, 2.24) is 0 Å². The fraction of sp³-hybridized carbons (Fsp3) is 0.190. The molecule has 0 aromatic heterocycles. The Hall–Kier alpha value is -2.41. The van der Waals surface area contributed by atoms with E-state index >= 15 is 0 Å². The zero-order valence-corrected chi connectivity index (χ0v) is 12.4. The van der Waals surface area contributed by atoms with Crippen molar-refractivity contribution < 1.29 is 4.79 Å². The smallest absolute Gasteiger partial charge is 0.160 e. The molecule has 0 aliphatic heterocycles. The molecule has 1 nitrogen and oxygen atoms in total. The van der Waals surface area contributed by atoms with Gasteiger partial charge in [-0.15, -0.1) is 0 Å². The predicted molar refractivity (Wildman–Crippen MR) is 88.6 cm³/mol. The maximum Gasteiger partial charge on any atom is 0.160 e. The molecule has 1 atom stereocenters. The number of fused-ring (bicyclic) bond motifs is 1. The van der Waals surface area contributed by atoms with Gasteiger partial charge >= 0.3 is 0 Å². The van der Waals surface area contributed by atoms with Crippen molar-refractivity contribution in [3.63, 3.8) is 0 Å². The largest absolute Gasteiger partial charge is 0.294 e. The molecule has 1 heteroatoms. The Morgan fingerprint density at radius 1 is 0.864 bits per heavy atom. The van der Waals surface area contributed by atoms with Crippen LogP contribution in [0.1, 0.15) is 24.0 Å². The molecule has 108 valence electrons. The Balaban J connectivity index is 1.97. The van der Waals surface area contributed by atoms with Crippen LogP contribution in [0.15, 0.2) is 84.5 Å². The van der Waals surface area contributed by atoms with Crippen LogP contribution in [0, 0.1) is 5.92 Å². The third kappa shape index (κ3) is 1.82. The lowest BCUT2D eigenvalue weighted by Gasteiger charge is -2.36. The maximum absolute atomic E-state index is 12.7. The van der Waals surface area contributed by atoms with E-state index in [2.05, 4.69) is 54.6 Å². The second-order valence-corrected chi connectivity index (χ2v) is 6.14. The minimum absolute atomic E-state index is 0.226. The van der Waals surface area contributed by atoms with Gasteiger partial charge in [0.25, 0.3) is 0 Å². The third-order valence-corrected chi connectivity index (χ3v) is 5.09. The Morgan fingerprint density at radius 2 is 1.45 bits per heavy atom. The van der Waals surface area contributed by atoms with Gasteiger partial charge in [-0.2, -0.15) is 0 Å². The molecule has 2 aliphatic rings.